The van der Waals surface area contributed by atoms with E-state index >= 15 is 0 Å². The van der Waals surface area contributed by atoms with E-state index in [1.165, 1.54) is 12.8 Å². The van der Waals surface area contributed by atoms with Crippen LogP contribution in [-0.2, 0) is 4.79 Å². The monoisotopic (exact) mass is 326 g/mol. The Morgan fingerprint density at radius 2 is 2.14 bits per heavy atom. The summed E-state index contributed by atoms with van der Waals surface area (Å²) in [6, 6.07) is 0. The third-order valence-corrected chi connectivity index (χ3v) is 4.01. The van der Waals surface area contributed by atoms with Crippen LogP contribution in [0.5, 0.6) is 0 Å². The van der Waals surface area contributed by atoms with Crippen LogP contribution in [-0.4, -0.2) is 35.7 Å². The molecule has 122 valence electrons. The van der Waals surface area contributed by atoms with Gasteiger partial charge in [-0.15, -0.1) is 6.58 Å². The minimum absolute atomic E-state index is 0.0905. The topological polar surface area (TPSA) is 32.7 Å². The highest BCUT2D eigenvalue weighted by atomic mass is 35.5. The fraction of sp³-hybridized carbons (Fsp3) is 0.529. The molecule has 22 heavy (non-hydrogen) atoms. The number of alkyl halides is 1. The van der Waals surface area contributed by atoms with Crippen LogP contribution < -0.4 is 0 Å². The number of allylic oxidation sites excluding steroid dienone is 3. The van der Waals surface area contributed by atoms with Gasteiger partial charge in [-0.25, -0.2) is 4.39 Å². The predicted molar refractivity (Wildman–Crippen MR) is 90.9 cm³/mol. The fourth-order valence-corrected chi connectivity index (χ4v) is 2.03. The molecule has 5 heteroatoms. The molecule has 0 aliphatic heterocycles. The highest BCUT2D eigenvalue weighted by Crippen LogP contribution is 2.28. The molecule has 0 radical (unpaired) electrons. The van der Waals surface area contributed by atoms with Gasteiger partial charge >= 0.3 is 0 Å². The Bertz CT molecular complexity index is 495. The number of hydrogen-bond donors (Lipinski definition) is 0. The lowest BCUT2D eigenvalue weighted by Gasteiger charge is -2.22. The highest BCUT2D eigenvalue weighted by molar-refractivity contribution is 6.67. The van der Waals surface area contributed by atoms with E-state index in [9.17, 15) is 9.18 Å². The quantitative estimate of drug-likeness (QED) is 0.197. The molecule has 1 fully saturated rings. The molecule has 0 N–H and O–H groups in total. The molecule has 1 atom stereocenters. The van der Waals surface area contributed by atoms with Gasteiger partial charge < -0.3 is 4.90 Å². The maximum atomic E-state index is 14.0. The number of aliphatic imine (C=N–C) groups is 1. The molecule has 0 amide bonds. The Morgan fingerprint density at radius 1 is 1.50 bits per heavy atom. The van der Waals surface area contributed by atoms with Crippen molar-refractivity contribution in [3.8, 4) is 0 Å². The van der Waals surface area contributed by atoms with E-state index in [4.69, 9.17) is 11.6 Å². The first-order chi connectivity index (χ1) is 10.4. The number of carbonyl (C=O) groups excluding carboxylic acids is 1. The van der Waals surface area contributed by atoms with Gasteiger partial charge in [0.15, 0.2) is 0 Å². The lowest BCUT2D eigenvalue weighted by atomic mass is 10.0. The van der Waals surface area contributed by atoms with E-state index in [0.717, 1.165) is 23.7 Å². The Hall–Kier alpha value is -1.42. The van der Waals surface area contributed by atoms with Crippen molar-refractivity contribution in [2.24, 2.45) is 10.9 Å². The van der Waals surface area contributed by atoms with Crippen LogP contribution >= 0.6 is 11.6 Å². The zero-order chi connectivity index (χ0) is 16.7. The molecule has 3 nitrogen and oxygen atoms in total. The number of carbonyl (C=O) groups is 1. The van der Waals surface area contributed by atoms with E-state index in [1.807, 2.05) is 18.7 Å². The third kappa shape index (κ3) is 6.14. The molecular formula is C17H24ClFN2O. The zero-order valence-corrected chi connectivity index (χ0v) is 14.1. The van der Waals surface area contributed by atoms with E-state index in [2.05, 4.69) is 18.2 Å². The summed E-state index contributed by atoms with van der Waals surface area (Å²) in [5, 5.41) is -0.827. The summed E-state index contributed by atoms with van der Waals surface area (Å²) >= 11 is 5.26. The van der Waals surface area contributed by atoms with Crippen molar-refractivity contribution in [2.75, 3.05) is 13.1 Å². The van der Waals surface area contributed by atoms with Crippen molar-refractivity contribution in [3.05, 3.63) is 36.1 Å². The molecule has 0 unspecified atom stereocenters. The molecule has 1 aliphatic carbocycles. The van der Waals surface area contributed by atoms with Gasteiger partial charge in [0.25, 0.3) is 5.24 Å². The summed E-state index contributed by atoms with van der Waals surface area (Å²) in [4.78, 5) is 17.3. The van der Waals surface area contributed by atoms with Gasteiger partial charge in [-0.2, -0.15) is 0 Å². The van der Waals surface area contributed by atoms with Gasteiger partial charge in [-0.1, -0.05) is 18.2 Å². The van der Waals surface area contributed by atoms with Crippen LogP contribution in [0, 0.1) is 5.92 Å². The second kappa shape index (κ2) is 8.89. The van der Waals surface area contributed by atoms with Crippen LogP contribution in [0.3, 0.4) is 0 Å². The fourth-order valence-electron chi connectivity index (χ4n) is 1.91. The number of halogens is 2. The van der Waals surface area contributed by atoms with Crippen LogP contribution in [0.4, 0.5) is 4.39 Å². The van der Waals surface area contributed by atoms with Crippen LogP contribution in [0.1, 0.15) is 33.1 Å². The van der Waals surface area contributed by atoms with Gasteiger partial charge in [0.05, 0.1) is 6.34 Å². The molecular weight excluding hydrogens is 303 g/mol. The summed E-state index contributed by atoms with van der Waals surface area (Å²) in [7, 11) is 0. The first-order valence-electron chi connectivity index (χ1n) is 7.43. The smallest absolute Gasteiger partial charge is 0.250 e. The standard InChI is InChI=1S/C17H24ClFN2O/c1-5-8-21(11-20-10-15-6-7-15)14(4)12(2)9-16(19)13(3)17(18)22/h5,11,15-16H,1,3,6-10H2,2,4H3/b14-12+,20-11?/t16-/m0/s1. The minimum Gasteiger partial charge on any atom is -0.333 e. The first-order valence-corrected chi connectivity index (χ1v) is 7.81. The third-order valence-electron chi connectivity index (χ3n) is 3.77. The lowest BCUT2D eigenvalue weighted by Crippen LogP contribution is -2.22. The van der Waals surface area contributed by atoms with E-state index in [0.29, 0.717) is 6.54 Å². The number of hydrogen-bond acceptors (Lipinski definition) is 2. The molecule has 0 aromatic heterocycles. The van der Waals surface area contributed by atoms with Crippen molar-refractivity contribution < 1.29 is 9.18 Å². The van der Waals surface area contributed by atoms with Gasteiger partial charge in [-0.3, -0.25) is 9.79 Å². The zero-order valence-electron chi connectivity index (χ0n) is 13.3. The van der Waals surface area contributed by atoms with Crippen molar-refractivity contribution in [1.29, 1.82) is 0 Å². The summed E-state index contributed by atoms with van der Waals surface area (Å²) in [6.45, 7) is 12.3. The number of nitrogens with zero attached hydrogens (tertiary/aromatic N) is 2. The average Bonchev–Trinajstić information content (AvgIpc) is 3.28. The van der Waals surface area contributed by atoms with E-state index in [-0.39, 0.29) is 12.0 Å². The molecule has 0 aromatic rings. The lowest BCUT2D eigenvalue weighted by molar-refractivity contribution is -0.109. The van der Waals surface area contributed by atoms with Crippen molar-refractivity contribution in [2.45, 2.75) is 39.3 Å². The normalized spacial score (nSPS) is 17.1. The predicted octanol–water partition coefficient (Wildman–Crippen LogP) is 4.26. The highest BCUT2D eigenvalue weighted by Gasteiger charge is 2.20. The largest absolute Gasteiger partial charge is 0.333 e. The molecule has 1 saturated carbocycles. The Labute approximate surface area is 137 Å². The molecule has 0 heterocycles. The summed E-state index contributed by atoms with van der Waals surface area (Å²) in [5.74, 6) is 0.723. The van der Waals surface area contributed by atoms with Crippen molar-refractivity contribution in [1.82, 2.24) is 4.90 Å². The average molecular weight is 327 g/mol. The summed E-state index contributed by atoms with van der Waals surface area (Å²) in [5.41, 5.74) is 1.52. The van der Waals surface area contributed by atoms with Gasteiger partial charge in [0.1, 0.15) is 6.17 Å². The van der Waals surface area contributed by atoms with Crippen molar-refractivity contribution >= 4 is 23.2 Å². The molecule has 1 aliphatic rings. The van der Waals surface area contributed by atoms with Crippen LogP contribution in [0.2, 0.25) is 0 Å². The number of rotatable bonds is 10. The van der Waals surface area contributed by atoms with Gasteiger partial charge in [-0.05, 0) is 44.2 Å². The second-order valence-electron chi connectivity index (χ2n) is 5.70. The molecule has 0 aromatic carbocycles. The first kappa shape index (κ1) is 18.6. The Morgan fingerprint density at radius 3 is 2.64 bits per heavy atom. The minimum atomic E-state index is -1.46. The summed E-state index contributed by atoms with van der Waals surface area (Å²) < 4.78 is 14.0. The second-order valence-corrected chi connectivity index (χ2v) is 6.04. The van der Waals surface area contributed by atoms with Crippen LogP contribution in [0.15, 0.2) is 41.1 Å². The Kier molecular flexibility index (Phi) is 7.52. The van der Waals surface area contributed by atoms with E-state index in [1.54, 1.807) is 12.4 Å². The van der Waals surface area contributed by atoms with Crippen LogP contribution in [0.25, 0.3) is 0 Å². The Balaban J connectivity index is 2.72. The SMILES string of the molecule is C=CCN(C=NCC1CC1)/C(C)=C(\C)C[C@H](F)C(=C)C(=O)Cl. The maximum absolute atomic E-state index is 14.0. The molecule has 0 spiro atoms. The van der Waals surface area contributed by atoms with E-state index < -0.39 is 11.4 Å². The molecule has 1 rings (SSSR count). The molecule has 0 saturated heterocycles. The van der Waals surface area contributed by atoms with Gasteiger partial charge in [0, 0.05) is 30.8 Å². The van der Waals surface area contributed by atoms with Crippen molar-refractivity contribution in [3.63, 3.8) is 0 Å². The summed E-state index contributed by atoms with van der Waals surface area (Å²) in [6.07, 6.45) is 4.69. The van der Waals surface area contributed by atoms with Gasteiger partial charge in [0.2, 0.25) is 0 Å². The maximum Gasteiger partial charge on any atom is 0.250 e. The molecule has 0 bridgehead atoms.